The van der Waals surface area contributed by atoms with E-state index < -0.39 is 5.97 Å². The summed E-state index contributed by atoms with van der Waals surface area (Å²) in [6, 6.07) is 28.2. The van der Waals surface area contributed by atoms with Crippen molar-refractivity contribution in [2.75, 3.05) is 20.8 Å². The van der Waals surface area contributed by atoms with Gasteiger partial charge in [-0.15, -0.1) is 23.7 Å². The maximum atomic E-state index is 14.0. The van der Waals surface area contributed by atoms with Gasteiger partial charge in [0, 0.05) is 29.7 Å². The minimum absolute atomic E-state index is 0. The molecule has 0 spiro atoms. The molecule has 0 aliphatic rings. The summed E-state index contributed by atoms with van der Waals surface area (Å²) in [6.07, 6.45) is 1.64. The Hall–Kier alpha value is -3.91. The van der Waals surface area contributed by atoms with E-state index in [1.165, 1.54) is 5.56 Å². The molecule has 0 aliphatic heterocycles. The molecule has 2 heterocycles. The molecule has 5 rings (SSSR count). The molecule has 0 amide bonds. The van der Waals surface area contributed by atoms with E-state index in [4.69, 9.17) is 9.47 Å². The number of ether oxygens (including phenoxy) is 2. The van der Waals surface area contributed by atoms with Crippen LogP contribution in [-0.2, 0) is 24.4 Å². The van der Waals surface area contributed by atoms with Crippen LogP contribution in [0.4, 0.5) is 0 Å². The average molecular weight is 589 g/mol. The van der Waals surface area contributed by atoms with Gasteiger partial charge < -0.3 is 14.0 Å². The number of hydrogen-bond donors (Lipinski definition) is 0. The van der Waals surface area contributed by atoms with Gasteiger partial charge >= 0.3 is 5.97 Å². The monoisotopic (exact) mass is 588 g/mol. The number of nitrogens with zero attached hydrogens (tertiary/aromatic N) is 2. The van der Waals surface area contributed by atoms with Crippen LogP contribution < -0.4 is 10.2 Å². The SMILES string of the molecule is CCOC(=O)c1cn(Cc2ccccc2OC)c2sc(-c3ccccc3)c(CN(C)Cc3ccccc3)c2c1=O.Cl. The molecule has 0 N–H and O–H groups in total. The Morgan fingerprint density at radius 3 is 2.27 bits per heavy atom. The number of aromatic nitrogens is 1. The molecule has 5 aromatic rings. The highest BCUT2D eigenvalue weighted by atomic mass is 35.5. The molecular weight excluding hydrogens is 556 g/mol. The van der Waals surface area contributed by atoms with Crippen molar-refractivity contribution >= 4 is 39.9 Å². The second-order valence-electron chi connectivity index (χ2n) is 9.65. The lowest BCUT2D eigenvalue weighted by Gasteiger charge is -2.18. The molecule has 0 radical (unpaired) electrons. The van der Waals surface area contributed by atoms with Gasteiger partial charge in [-0.05, 0) is 36.7 Å². The summed E-state index contributed by atoms with van der Waals surface area (Å²) in [7, 11) is 3.69. The molecule has 0 unspecified atom stereocenters. The zero-order valence-corrected chi connectivity index (χ0v) is 25.0. The van der Waals surface area contributed by atoms with Crippen LogP contribution in [0, 0.1) is 0 Å². The molecule has 0 fully saturated rings. The first-order chi connectivity index (χ1) is 19.5. The predicted octanol–water partition coefficient (Wildman–Crippen LogP) is 7.02. The van der Waals surface area contributed by atoms with Crippen LogP contribution in [0.5, 0.6) is 5.75 Å². The van der Waals surface area contributed by atoms with Gasteiger partial charge in [-0.25, -0.2) is 4.79 Å². The fourth-order valence-electron chi connectivity index (χ4n) is 4.98. The van der Waals surface area contributed by atoms with E-state index in [0.717, 1.165) is 38.7 Å². The molecule has 3 aromatic carbocycles. The van der Waals surface area contributed by atoms with Crippen molar-refractivity contribution in [3.05, 3.63) is 124 Å². The quantitative estimate of drug-likeness (QED) is 0.164. The van der Waals surface area contributed by atoms with Crippen molar-refractivity contribution in [2.45, 2.75) is 26.6 Å². The van der Waals surface area contributed by atoms with Crippen molar-refractivity contribution in [2.24, 2.45) is 0 Å². The fraction of sp³-hybridized carbons (Fsp3) is 0.212. The summed E-state index contributed by atoms with van der Waals surface area (Å²) >= 11 is 1.58. The smallest absolute Gasteiger partial charge is 0.343 e. The normalized spacial score (nSPS) is 10.9. The largest absolute Gasteiger partial charge is 0.496 e. The number of fused-ring (bicyclic) bond motifs is 1. The summed E-state index contributed by atoms with van der Waals surface area (Å²) in [5, 5.41) is 0.559. The molecule has 0 aliphatic carbocycles. The number of rotatable bonds is 10. The highest BCUT2D eigenvalue weighted by Crippen LogP contribution is 2.39. The topological polar surface area (TPSA) is 60.8 Å². The van der Waals surface area contributed by atoms with Crippen LogP contribution in [0.25, 0.3) is 20.7 Å². The van der Waals surface area contributed by atoms with E-state index in [2.05, 4.69) is 29.2 Å². The predicted molar refractivity (Wildman–Crippen MR) is 168 cm³/mol. The first kappa shape index (κ1) is 30.1. The molecule has 2 aromatic heterocycles. The minimum Gasteiger partial charge on any atom is -0.496 e. The Labute approximate surface area is 250 Å². The first-order valence-corrected chi connectivity index (χ1v) is 14.1. The van der Waals surface area contributed by atoms with Crippen LogP contribution in [0.1, 0.15) is 34.0 Å². The van der Waals surface area contributed by atoms with Crippen molar-refractivity contribution < 1.29 is 14.3 Å². The van der Waals surface area contributed by atoms with Crippen LogP contribution in [0.15, 0.2) is 95.9 Å². The maximum absolute atomic E-state index is 14.0. The number of hydrogen-bond acceptors (Lipinski definition) is 6. The zero-order valence-electron chi connectivity index (χ0n) is 23.3. The van der Waals surface area contributed by atoms with Crippen LogP contribution in [0.3, 0.4) is 0 Å². The van der Waals surface area contributed by atoms with Gasteiger partial charge in [0.25, 0.3) is 0 Å². The molecule has 8 heteroatoms. The lowest BCUT2D eigenvalue weighted by atomic mass is 10.0. The number of carbonyl (C=O) groups excluding carboxylic acids is 1. The maximum Gasteiger partial charge on any atom is 0.343 e. The van der Waals surface area contributed by atoms with E-state index in [1.54, 1.807) is 31.6 Å². The van der Waals surface area contributed by atoms with Gasteiger partial charge in [0.05, 0.1) is 25.6 Å². The van der Waals surface area contributed by atoms with Gasteiger partial charge in [0.1, 0.15) is 16.1 Å². The van der Waals surface area contributed by atoms with Gasteiger partial charge in [0.2, 0.25) is 5.43 Å². The van der Waals surface area contributed by atoms with E-state index in [1.807, 2.05) is 72.3 Å². The number of halogens is 1. The fourth-order valence-corrected chi connectivity index (χ4v) is 6.27. The molecule has 212 valence electrons. The Kier molecular flexibility index (Phi) is 10.00. The Bertz CT molecular complexity index is 1680. The van der Waals surface area contributed by atoms with E-state index >= 15 is 0 Å². The third-order valence-electron chi connectivity index (χ3n) is 6.79. The first-order valence-electron chi connectivity index (χ1n) is 13.3. The highest BCUT2D eigenvalue weighted by molar-refractivity contribution is 7.22. The highest BCUT2D eigenvalue weighted by Gasteiger charge is 2.25. The minimum atomic E-state index is -0.612. The third kappa shape index (κ3) is 6.54. The molecule has 0 saturated heterocycles. The standard InChI is InChI=1S/C33H32N2O4S.ClH/c1-4-39-33(37)27-22-35(20-25-17-11-12-18-28(25)38-3)32-29(30(27)36)26(31(40-32)24-15-9-6-10-16-24)21-34(2)19-23-13-7-5-8-14-23;/h5-18,22H,4,19-21H2,1-3H3;1H. The van der Waals surface area contributed by atoms with E-state index in [0.29, 0.717) is 18.5 Å². The van der Waals surface area contributed by atoms with Crippen molar-refractivity contribution in [1.82, 2.24) is 9.47 Å². The Morgan fingerprint density at radius 1 is 0.927 bits per heavy atom. The van der Waals surface area contributed by atoms with Crippen LogP contribution in [0.2, 0.25) is 0 Å². The molecule has 41 heavy (non-hydrogen) atoms. The molecule has 0 saturated carbocycles. The van der Waals surface area contributed by atoms with E-state index in [9.17, 15) is 9.59 Å². The second kappa shape index (κ2) is 13.6. The average Bonchev–Trinajstić information content (AvgIpc) is 3.35. The number of carbonyl (C=O) groups is 1. The van der Waals surface area contributed by atoms with Crippen molar-refractivity contribution in [1.29, 1.82) is 0 Å². The Morgan fingerprint density at radius 2 is 1.59 bits per heavy atom. The summed E-state index contributed by atoms with van der Waals surface area (Å²) in [5.41, 5.74) is 3.82. The van der Waals surface area contributed by atoms with Gasteiger partial charge in [0.15, 0.2) is 0 Å². The van der Waals surface area contributed by atoms with Gasteiger partial charge in [-0.1, -0.05) is 78.9 Å². The summed E-state index contributed by atoms with van der Waals surface area (Å²) in [4.78, 5) is 31.1. The number of para-hydroxylation sites is 1. The summed E-state index contributed by atoms with van der Waals surface area (Å²) in [5.74, 6) is 0.133. The van der Waals surface area contributed by atoms with Gasteiger partial charge in [-0.2, -0.15) is 0 Å². The van der Waals surface area contributed by atoms with Crippen LogP contribution in [-0.4, -0.2) is 36.2 Å². The zero-order chi connectivity index (χ0) is 28.1. The number of benzene rings is 3. The number of pyridine rings is 1. The van der Waals surface area contributed by atoms with Gasteiger partial charge in [-0.3, -0.25) is 9.69 Å². The number of thiophene rings is 1. The molecular formula is C33H33ClN2O4S. The third-order valence-corrected chi connectivity index (χ3v) is 8.11. The summed E-state index contributed by atoms with van der Waals surface area (Å²) < 4.78 is 12.9. The molecule has 6 nitrogen and oxygen atoms in total. The Balaban J connectivity index is 0.00000387. The lowest BCUT2D eigenvalue weighted by molar-refractivity contribution is 0.0524. The molecule has 0 bridgehead atoms. The second-order valence-corrected chi connectivity index (χ2v) is 10.6. The lowest BCUT2D eigenvalue weighted by Crippen LogP contribution is -2.23. The van der Waals surface area contributed by atoms with Crippen molar-refractivity contribution in [3.8, 4) is 16.2 Å². The number of esters is 1. The summed E-state index contributed by atoms with van der Waals surface area (Å²) in [6.45, 7) is 3.62. The number of methoxy groups -OCH3 is 1. The van der Waals surface area contributed by atoms with Crippen LogP contribution >= 0.6 is 23.7 Å². The van der Waals surface area contributed by atoms with Crippen molar-refractivity contribution in [3.63, 3.8) is 0 Å². The van der Waals surface area contributed by atoms with E-state index in [-0.39, 0.29) is 30.0 Å². The molecule has 0 atom stereocenters.